The van der Waals surface area contributed by atoms with E-state index in [-0.39, 0.29) is 11.8 Å². The molecule has 0 saturated carbocycles. The molecule has 0 aliphatic carbocycles. The van der Waals surface area contributed by atoms with Crippen molar-refractivity contribution in [2.75, 3.05) is 19.6 Å². The van der Waals surface area contributed by atoms with E-state index in [2.05, 4.69) is 5.32 Å². The SMILES string of the molecule is C[C@H]1CNCCN1S(=O)(=O)Cc1ccc(C#N)cc1. The quantitative estimate of drug-likeness (QED) is 0.883. The normalized spacial score (nSPS) is 20.9. The lowest BCUT2D eigenvalue weighted by Gasteiger charge is -2.32. The molecule has 6 heteroatoms. The summed E-state index contributed by atoms with van der Waals surface area (Å²) >= 11 is 0. The second-order valence-electron chi connectivity index (χ2n) is 4.73. The van der Waals surface area contributed by atoms with Gasteiger partial charge in [0.25, 0.3) is 0 Å². The third-order valence-corrected chi connectivity index (χ3v) is 5.18. The van der Waals surface area contributed by atoms with Crippen molar-refractivity contribution in [3.05, 3.63) is 35.4 Å². The average Bonchev–Trinajstić information content (AvgIpc) is 2.39. The van der Waals surface area contributed by atoms with Crippen LogP contribution in [0.5, 0.6) is 0 Å². The number of nitriles is 1. The van der Waals surface area contributed by atoms with E-state index >= 15 is 0 Å². The minimum Gasteiger partial charge on any atom is -0.314 e. The molecule has 0 aromatic heterocycles. The fraction of sp³-hybridized carbons (Fsp3) is 0.462. The van der Waals surface area contributed by atoms with E-state index in [1.807, 2.05) is 13.0 Å². The van der Waals surface area contributed by atoms with Gasteiger partial charge in [-0.3, -0.25) is 0 Å². The van der Waals surface area contributed by atoms with E-state index in [0.29, 0.717) is 30.8 Å². The van der Waals surface area contributed by atoms with Crippen LogP contribution in [0.15, 0.2) is 24.3 Å². The molecule has 0 amide bonds. The summed E-state index contributed by atoms with van der Waals surface area (Å²) in [7, 11) is -3.29. The average molecular weight is 279 g/mol. The maximum atomic E-state index is 12.4. The van der Waals surface area contributed by atoms with Crippen LogP contribution in [0.3, 0.4) is 0 Å². The molecule has 0 spiro atoms. The number of benzene rings is 1. The van der Waals surface area contributed by atoms with E-state index in [1.165, 1.54) is 0 Å². The van der Waals surface area contributed by atoms with Gasteiger partial charge in [0.2, 0.25) is 10.0 Å². The van der Waals surface area contributed by atoms with Gasteiger partial charge in [-0.2, -0.15) is 9.57 Å². The predicted octanol–water partition coefficient (Wildman–Crippen LogP) is 0.682. The molecular weight excluding hydrogens is 262 g/mol. The number of hydrogen-bond donors (Lipinski definition) is 1. The minimum atomic E-state index is -3.29. The Morgan fingerprint density at radius 2 is 2.11 bits per heavy atom. The highest BCUT2D eigenvalue weighted by Crippen LogP contribution is 2.15. The highest BCUT2D eigenvalue weighted by atomic mass is 32.2. The third kappa shape index (κ3) is 3.32. The van der Waals surface area contributed by atoms with Gasteiger partial charge in [-0.05, 0) is 24.6 Å². The summed E-state index contributed by atoms with van der Waals surface area (Å²) in [6.45, 7) is 3.80. The first-order chi connectivity index (χ1) is 9.03. The first kappa shape index (κ1) is 14.0. The van der Waals surface area contributed by atoms with Crippen molar-refractivity contribution < 1.29 is 8.42 Å². The summed E-state index contributed by atoms with van der Waals surface area (Å²) in [6, 6.07) is 8.69. The van der Waals surface area contributed by atoms with Crippen LogP contribution < -0.4 is 5.32 Å². The molecule has 1 aromatic carbocycles. The molecule has 1 aliphatic rings. The monoisotopic (exact) mass is 279 g/mol. The lowest BCUT2D eigenvalue weighted by molar-refractivity contribution is 0.283. The second kappa shape index (κ2) is 5.70. The van der Waals surface area contributed by atoms with Gasteiger partial charge < -0.3 is 5.32 Å². The molecule has 0 radical (unpaired) electrons. The van der Waals surface area contributed by atoms with Crippen molar-refractivity contribution >= 4 is 10.0 Å². The molecule has 1 fully saturated rings. The summed E-state index contributed by atoms with van der Waals surface area (Å²) in [5.74, 6) is -0.0109. The Morgan fingerprint density at radius 3 is 2.68 bits per heavy atom. The van der Waals surface area contributed by atoms with Gasteiger partial charge in [-0.1, -0.05) is 12.1 Å². The Bertz CT molecular complexity index is 575. The fourth-order valence-electron chi connectivity index (χ4n) is 2.20. The van der Waals surface area contributed by atoms with Gasteiger partial charge in [-0.25, -0.2) is 8.42 Å². The number of sulfonamides is 1. The highest BCUT2D eigenvalue weighted by Gasteiger charge is 2.29. The molecule has 0 bridgehead atoms. The Labute approximate surface area is 113 Å². The zero-order chi connectivity index (χ0) is 13.9. The lowest BCUT2D eigenvalue weighted by atomic mass is 10.2. The van der Waals surface area contributed by atoms with Crippen LogP contribution in [0.25, 0.3) is 0 Å². The van der Waals surface area contributed by atoms with Crippen molar-refractivity contribution in [2.24, 2.45) is 0 Å². The minimum absolute atomic E-state index is 0.0109. The van der Waals surface area contributed by atoms with Gasteiger partial charge in [0.1, 0.15) is 0 Å². The summed E-state index contributed by atoms with van der Waals surface area (Å²) in [6.07, 6.45) is 0. The molecule has 1 heterocycles. The number of nitrogens with one attached hydrogen (secondary N) is 1. The van der Waals surface area contributed by atoms with E-state index in [1.54, 1.807) is 28.6 Å². The van der Waals surface area contributed by atoms with Crippen LogP contribution in [0.2, 0.25) is 0 Å². The molecule has 102 valence electrons. The van der Waals surface area contributed by atoms with Gasteiger partial charge in [0.15, 0.2) is 0 Å². The molecule has 1 N–H and O–H groups in total. The van der Waals surface area contributed by atoms with Crippen molar-refractivity contribution in [1.82, 2.24) is 9.62 Å². The van der Waals surface area contributed by atoms with Crippen molar-refractivity contribution in [2.45, 2.75) is 18.7 Å². The first-order valence-corrected chi connectivity index (χ1v) is 7.83. The molecule has 5 nitrogen and oxygen atoms in total. The number of piperazine rings is 1. The Morgan fingerprint density at radius 1 is 1.42 bits per heavy atom. The molecule has 19 heavy (non-hydrogen) atoms. The lowest BCUT2D eigenvalue weighted by Crippen LogP contribution is -2.52. The van der Waals surface area contributed by atoms with Crippen LogP contribution in [0.1, 0.15) is 18.1 Å². The fourth-order valence-corrected chi connectivity index (χ4v) is 3.98. The van der Waals surface area contributed by atoms with Gasteiger partial charge in [-0.15, -0.1) is 0 Å². The topological polar surface area (TPSA) is 73.2 Å². The van der Waals surface area contributed by atoms with E-state index in [9.17, 15) is 8.42 Å². The van der Waals surface area contributed by atoms with Crippen LogP contribution in [0, 0.1) is 11.3 Å². The number of nitrogens with zero attached hydrogens (tertiary/aromatic N) is 2. The zero-order valence-electron chi connectivity index (χ0n) is 10.8. The molecule has 0 unspecified atom stereocenters. The summed E-state index contributed by atoms with van der Waals surface area (Å²) in [5.41, 5.74) is 1.25. The molecule has 1 saturated heterocycles. The largest absolute Gasteiger partial charge is 0.314 e. The van der Waals surface area contributed by atoms with Gasteiger partial charge in [0, 0.05) is 25.7 Å². The second-order valence-corrected chi connectivity index (χ2v) is 6.65. The smallest absolute Gasteiger partial charge is 0.218 e. The molecule has 1 aromatic rings. The summed E-state index contributed by atoms with van der Waals surface area (Å²) in [4.78, 5) is 0. The zero-order valence-corrected chi connectivity index (χ0v) is 11.7. The predicted molar refractivity (Wildman–Crippen MR) is 72.8 cm³/mol. The van der Waals surface area contributed by atoms with E-state index in [0.717, 1.165) is 0 Å². The highest BCUT2D eigenvalue weighted by molar-refractivity contribution is 7.88. The van der Waals surface area contributed by atoms with Gasteiger partial charge >= 0.3 is 0 Å². The van der Waals surface area contributed by atoms with E-state index < -0.39 is 10.0 Å². The van der Waals surface area contributed by atoms with Crippen LogP contribution in [-0.2, 0) is 15.8 Å². The Kier molecular flexibility index (Phi) is 4.20. The third-order valence-electron chi connectivity index (χ3n) is 3.23. The Hall–Kier alpha value is -1.42. The number of rotatable bonds is 3. The van der Waals surface area contributed by atoms with Crippen LogP contribution in [0.4, 0.5) is 0 Å². The summed E-state index contributed by atoms with van der Waals surface area (Å²) < 4.78 is 26.3. The number of hydrogen-bond acceptors (Lipinski definition) is 4. The van der Waals surface area contributed by atoms with E-state index in [4.69, 9.17) is 5.26 Å². The first-order valence-electron chi connectivity index (χ1n) is 6.22. The van der Waals surface area contributed by atoms with Crippen LogP contribution >= 0.6 is 0 Å². The Balaban J connectivity index is 2.14. The molecule has 1 atom stereocenters. The van der Waals surface area contributed by atoms with Crippen LogP contribution in [-0.4, -0.2) is 38.4 Å². The molecule has 1 aliphatic heterocycles. The standard InChI is InChI=1S/C13H17N3O2S/c1-11-9-15-6-7-16(11)19(17,18)10-13-4-2-12(8-14)3-5-13/h2-5,11,15H,6-7,9-10H2,1H3/t11-/m0/s1. The molecular formula is C13H17N3O2S. The van der Waals surface area contributed by atoms with Crippen molar-refractivity contribution in [3.8, 4) is 6.07 Å². The maximum absolute atomic E-state index is 12.4. The maximum Gasteiger partial charge on any atom is 0.218 e. The summed E-state index contributed by atoms with van der Waals surface area (Å²) in [5, 5.41) is 11.9. The molecule has 2 rings (SSSR count). The van der Waals surface area contributed by atoms with Crippen molar-refractivity contribution in [3.63, 3.8) is 0 Å². The van der Waals surface area contributed by atoms with Crippen molar-refractivity contribution in [1.29, 1.82) is 5.26 Å². The van der Waals surface area contributed by atoms with Gasteiger partial charge in [0.05, 0.1) is 17.4 Å².